The first kappa shape index (κ1) is 9.25. The van der Waals surface area contributed by atoms with Crippen molar-refractivity contribution in [3.63, 3.8) is 0 Å². The van der Waals surface area contributed by atoms with Crippen LogP contribution in [0.25, 0.3) is 0 Å². The smallest absolute Gasteiger partial charge is 0.226 e. The van der Waals surface area contributed by atoms with Crippen LogP contribution in [0, 0.1) is 6.92 Å². The van der Waals surface area contributed by atoms with Gasteiger partial charge in [-0.3, -0.25) is 0 Å². The minimum Gasteiger partial charge on any atom is -0.226 e. The van der Waals surface area contributed by atoms with Crippen molar-refractivity contribution in [3.05, 3.63) is 29.7 Å². The third-order valence-electron chi connectivity index (χ3n) is 1.10. The fraction of sp³-hybridized carbons (Fsp3) is 0.167. The first-order chi connectivity index (χ1) is 5.41. The van der Waals surface area contributed by atoms with Crippen LogP contribution in [-0.2, 0) is 6.18 Å². The van der Waals surface area contributed by atoms with Gasteiger partial charge in [-0.15, -0.1) is 0 Å². The van der Waals surface area contributed by atoms with Gasteiger partial charge in [0.05, 0.1) is 0 Å². The quantitative estimate of drug-likeness (QED) is 0.594. The molecular weight excluding hydrogens is 193 g/mol. The van der Waals surface area contributed by atoms with Crippen LogP contribution in [0.5, 0.6) is 0 Å². The van der Waals surface area contributed by atoms with Crippen LogP contribution in [0.4, 0.5) is 13.2 Å². The summed E-state index contributed by atoms with van der Waals surface area (Å²) in [6.07, 6.45) is -3.60. The van der Waals surface area contributed by atoms with Crippen molar-refractivity contribution in [2.45, 2.75) is 6.18 Å². The molecule has 0 atom stereocenters. The van der Waals surface area contributed by atoms with Gasteiger partial charge < -0.3 is 0 Å². The van der Waals surface area contributed by atoms with Crippen molar-refractivity contribution in [2.24, 2.45) is 0 Å². The molecule has 0 spiro atoms. The van der Waals surface area contributed by atoms with E-state index in [4.69, 9.17) is 11.6 Å². The summed E-state index contributed by atoms with van der Waals surface area (Å²) in [5.74, 6) is 0. The first-order valence-electron chi connectivity index (χ1n) is 2.83. The lowest BCUT2D eigenvalue weighted by Crippen LogP contribution is -2.11. The molecule has 0 unspecified atom stereocenters. The Labute approximate surface area is 71.4 Å². The van der Waals surface area contributed by atoms with Crippen molar-refractivity contribution in [1.82, 2.24) is 9.97 Å². The van der Waals surface area contributed by atoms with Gasteiger partial charge in [0.2, 0.25) is 5.28 Å². The molecule has 1 heterocycles. The second kappa shape index (κ2) is 2.90. The summed E-state index contributed by atoms with van der Waals surface area (Å²) in [5.41, 5.74) is -1.38. The Balaban J connectivity index is 3.23. The minimum absolute atomic E-state index is 0.285. The Hall–Kier alpha value is -0.840. The standard InChI is InChI=1S/C6H3ClF3N2/c1-3-2-11-5(7)12-4(3)6(8,9)10/h2H,1H2. The third-order valence-corrected chi connectivity index (χ3v) is 1.29. The van der Waals surface area contributed by atoms with Gasteiger partial charge >= 0.3 is 6.18 Å². The molecule has 0 aromatic carbocycles. The SMILES string of the molecule is [CH2]c1cnc(Cl)nc1C(F)(F)F. The fourth-order valence-electron chi connectivity index (χ4n) is 0.631. The van der Waals surface area contributed by atoms with Gasteiger partial charge in [-0.25, -0.2) is 9.97 Å². The molecule has 1 rings (SSSR count). The average Bonchev–Trinajstić information content (AvgIpc) is 1.92. The van der Waals surface area contributed by atoms with E-state index in [1.165, 1.54) is 0 Å². The molecule has 0 N–H and O–H groups in total. The molecule has 0 saturated carbocycles. The molecule has 0 aliphatic heterocycles. The van der Waals surface area contributed by atoms with E-state index in [1.807, 2.05) is 0 Å². The number of nitrogens with zero attached hydrogens (tertiary/aromatic N) is 2. The zero-order chi connectivity index (χ0) is 9.35. The monoisotopic (exact) mass is 195 g/mol. The number of aromatic nitrogens is 2. The lowest BCUT2D eigenvalue weighted by Gasteiger charge is -2.07. The minimum atomic E-state index is -4.52. The van der Waals surface area contributed by atoms with Gasteiger partial charge in [0.25, 0.3) is 0 Å². The van der Waals surface area contributed by atoms with Crippen molar-refractivity contribution in [2.75, 3.05) is 0 Å². The van der Waals surface area contributed by atoms with E-state index in [2.05, 4.69) is 16.9 Å². The zero-order valence-electron chi connectivity index (χ0n) is 5.69. The predicted molar refractivity (Wildman–Crippen MR) is 36.5 cm³/mol. The van der Waals surface area contributed by atoms with E-state index in [-0.39, 0.29) is 5.56 Å². The van der Waals surface area contributed by atoms with Crippen LogP contribution in [0.15, 0.2) is 6.20 Å². The maximum absolute atomic E-state index is 12.0. The van der Waals surface area contributed by atoms with Crippen LogP contribution >= 0.6 is 11.6 Å². The second-order valence-electron chi connectivity index (χ2n) is 2.01. The number of halogens is 4. The van der Waals surface area contributed by atoms with Crippen molar-refractivity contribution in [1.29, 1.82) is 0 Å². The van der Waals surface area contributed by atoms with E-state index >= 15 is 0 Å². The summed E-state index contributed by atoms with van der Waals surface area (Å²) in [6, 6.07) is 0. The summed E-state index contributed by atoms with van der Waals surface area (Å²) < 4.78 is 36.1. The average molecular weight is 196 g/mol. The molecule has 1 aromatic rings. The van der Waals surface area contributed by atoms with Crippen molar-refractivity contribution < 1.29 is 13.2 Å². The Kier molecular flexibility index (Phi) is 2.23. The molecule has 65 valence electrons. The fourth-order valence-corrected chi connectivity index (χ4v) is 0.764. The predicted octanol–water partition coefficient (Wildman–Crippen LogP) is 2.33. The maximum atomic E-state index is 12.0. The molecule has 0 bridgehead atoms. The van der Waals surface area contributed by atoms with Crippen LogP contribution in [0.2, 0.25) is 5.28 Å². The summed E-state index contributed by atoms with van der Waals surface area (Å²) in [6.45, 7) is 3.12. The number of alkyl halides is 3. The lowest BCUT2D eigenvalue weighted by molar-refractivity contribution is -0.141. The Morgan fingerprint density at radius 3 is 2.42 bits per heavy atom. The first-order valence-corrected chi connectivity index (χ1v) is 3.21. The Morgan fingerprint density at radius 2 is 2.00 bits per heavy atom. The number of hydrogen-bond acceptors (Lipinski definition) is 2. The molecule has 1 radical (unpaired) electrons. The summed E-state index contributed by atoms with van der Waals surface area (Å²) in [4.78, 5) is 6.36. The second-order valence-corrected chi connectivity index (χ2v) is 2.35. The van der Waals surface area contributed by atoms with Gasteiger partial charge in [0, 0.05) is 11.8 Å². The topological polar surface area (TPSA) is 25.8 Å². The summed E-state index contributed by atoms with van der Waals surface area (Å²) >= 11 is 5.17. The highest BCUT2D eigenvalue weighted by Gasteiger charge is 2.34. The Bertz CT molecular complexity index is 297. The van der Waals surface area contributed by atoms with Crippen molar-refractivity contribution >= 4 is 11.6 Å². The molecule has 12 heavy (non-hydrogen) atoms. The number of rotatable bonds is 0. The highest BCUT2D eigenvalue weighted by atomic mass is 35.5. The van der Waals surface area contributed by atoms with E-state index < -0.39 is 17.2 Å². The summed E-state index contributed by atoms with van der Waals surface area (Å²) in [5, 5.41) is -0.435. The highest BCUT2D eigenvalue weighted by molar-refractivity contribution is 6.28. The zero-order valence-corrected chi connectivity index (χ0v) is 6.45. The van der Waals surface area contributed by atoms with E-state index in [1.54, 1.807) is 0 Å². The normalized spacial score (nSPS) is 11.8. The summed E-state index contributed by atoms with van der Waals surface area (Å²) in [7, 11) is 0. The van der Waals surface area contributed by atoms with Crippen LogP contribution in [-0.4, -0.2) is 9.97 Å². The van der Waals surface area contributed by atoms with Gasteiger partial charge in [-0.2, -0.15) is 13.2 Å². The lowest BCUT2D eigenvalue weighted by atomic mass is 10.2. The van der Waals surface area contributed by atoms with Gasteiger partial charge in [0.1, 0.15) is 0 Å². The molecular formula is C6H3ClF3N2. The van der Waals surface area contributed by atoms with E-state index in [9.17, 15) is 13.2 Å². The van der Waals surface area contributed by atoms with E-state index in [0.717, 1.165) is 6.20 Å². The van der Waals surface area contributed by atoms with E-state index in [0.29, 0.717) is 0 Å². The molecule has 1 aromatic heterocycles. The molecule has 0 fully saturated rings. The third kappa shape index (κ3) is 1.85. The van der Waals surface area contributed by atoms with Crippen LogP contribution < -0.4 is 0 Å². The van der Waals surface area contributed by atoms with Gasteiger partial charge in [0.15, 0.2) is 5.69 Å². The van der Waals surface area contributed by atoms with Crippen LogP contribution in [0.1, 0.15) is 11.3 Å². The van der Waals surface area contributed by atoms with Gasteiger partial charge in [-0.05, 0) is 18.5 Å². The molecule has 2 nitrogen and oxygen atoms in total. The molecule has 6 heteroatoms. The maximum Gasteiger partial charge on any atom is 0.433 e. The van der Waals surface area contributed by atoms with Crippen LogP contribution in [0.3, 0.4) is 0 Å². The molecule has 0 aliphatic carbocycles. The molecule has 0 amide bonds. The highest BCUT2D eigenvalue weighted by Crippen LogP contribution is 2.29. The largest absolute Gasteiger partial charge is 0.433 e. The van der Waals surface area contributed by atoms with Crippen molar-refractivity contribution in [3.8, 4) is 0 Å². The molecule has 0 aliphatic rings. The Morgan fingerprint density at radius 1 is 1.42 bits per heavy atom. The van der Waals surface area contributed by atoms with Gasteiger partial charge in [-0.1, -0.05) is 0 Å². The molecule has 0 saturated heterocycles. The number of hydrogen-bond donors (Lipinski definition) is 0.